The molecule has 7 heteroatoms. The van der Waals surface area contributed by atoms with Crippen molar-refractivity contribution in [3.8, 4) is 0 Å². The largest absolute Gasteiger partial charge is 0.455 e. The van der Waals surface area contributed by atoms with Crippen LogP contribution in [0.1, 0.15) is 40.8 Å². The Morgan fingerprint density at radius 3 is 2.43 bits per heavy atom. The van der Waals surface area contributed by atoms with Gasteiger partial charge in [0.25, 0.3) is 5.91 Å². The van der Waals surface area contributed by atoms with E-state index >= 15 is 0 Å². The summed E-state index contributed by atoms with van der Waals surface area (Å²) in [6, 6.07) is 10.2. The first-order chi connectivity index (χ1) is 14.6. The summed E-state index contributed by atoms with van der Waals surface area (Å²) in [4.78, 5) is 19.7. The number of hydrogen-bond acceptors (Lipinski definition) is 5. The molecule has 1 unspecified atom stereocenters. The van der Waals surface area contributed by atoms with Gasteiger partial charge in [0.1, 0.15) is 11.6 Å². The Balaban J connectivity index is 1.39. The molecule has 30 heavy (non-hydrogen) atoms. The number of nitrogens with one attached hydrogen (secondary N) is 1. The molecule has 2 aromatic rings. The third kappa shape index (κ3) is 5.28. The number of furan rings is 1. The van der Waals surface area contributed by atoms with Gasteiger partial charge in [0.05, 0.1) is 12.6 Å². The van der Waals surface area contributed by atoms with E-state index in [1.807, 2.05) is 18.2 Å². The van der Waals surface area contributed by atoms with Crippen LogP contribution in [-0.4, -0.2) is 73.5 Å². The molecule has 2 aliphatic rings. The van der Waals surface area contributed by atoms with Crippen molar-refractivity contribution >= 4 is 5.91 Å². The minimum absolute atomic E-state index is 0.00211. The molecule has 162 valence electrons. The first kappa shape index (κ1) is 21.0. The molecule has 2 aliphatic heterocycles. The summed E-state index contributed by atoms with van der Waals surface area (Å²) < 4.78 is 19.2. The van der Waals surface area contributed by atoms with E-state index in [0.29, 0.717) is 12.3 Å². The summed E-state index contributed by atoms with van der Waals surface area (Å²) in [7, 11) is 2.11. The van der Waals surface area contributed by atoms with E-state index in [1.54, 1.807) is 6.07 Å². The van der Waals surface area contributed by atoms with Crippen LogP contribution in [0.15, 0.2) is 40.8 Å². The number of hydrogen-bond donors (Lipinski definition) is 1. The number of likely N-dealkylation sites (tertiary alicyclic amines) is 1. The van der Waals surface area contributed by atoms with Gasteiger partial charge < -0.3 is 14.6 Å². The van der Waals surface area contributed by atoms with Gasteiger partial charge in [-0.3, -0.25) is 14.6 Å². The molecule has 3 heterocycles. The Morgan fingerprint density at radius 2 is 1.73 bits per heavy atom. The number of benzene rings is 1. The van der Waals surface area contributed by atoms with E-state index in [9.17, 15) is 9.18 Å². The molecule has 1 aromatic carbocycles. The third-order valence-corrected chi connectivity index (χ3v) is 6.15. The Hall–Kier alpha value is -2.22. The van der Waals surface area contributed by atoms with E-state index < -0.39 is 0 Å². The Morgan fingerprint density at radius 1 is 1.03 bits per heavy atom. The maximum Gasteiger partial charge on any atom is 0.287 e. The second-order valence-corrected chi connectivity index (χ2v) is 8.37. The SMILES string of the molecule is CN1CCN(C(CNC(=O)c2ccc(CN3CCCC3)o2)c2ccc(F)cc2)CC1. The first-order valence-electron chi connectivity index (χ1n) is 10.9. The number of rotatable bonds is 7. The molecule has 4 rings (SSSR count). The summed E-state index contributed by atoms with van der Waals surface area (Å²) in [5.41, 5.74) is 1.01. The Bertz CT molecular complexity index is 824. The highest BCUT2D eigenvalue weighted by Crippen LogP contribution is 2.22. The van der Waals surface area contributed by atoms with Gasteiger partial charge in [-0.15, -0.1) is 0 Å². The molecule has 1 N–H and O–H groups in total. The average molecular weight is 415 g/mol. The number of piperazine rings is 1. The second kappa shape index (κ2) is 9.73. The van der Waals surface area contributed by atoms with Crippen LogP contribution in [0.2, 0.25) is 0 Å². The number of carbonyl (C=O) groups is 1. The van der Waals surface area contributed by atoms with Gasteiger partial charge in [-0.2, -0.15) is 0 Å². The van der Waals surface area contributed by atoms with Crippen LogP contribution < -0.4 is 5.32 Å². The fraction of sp³-hybridized carbons (Fsp3) is 0.522. The Labute approximate surface area is 177 Å². The molecule has 1 atom stereocenters. The van der Waals surface area contributed by atoms with Gasteiger partial charge in [0.2, 0.25) is 0 Å². The van der Waals surface area contributed by atoms with Gasteiger partial charge in [0.15, 0.2) is 5.76 Å². The van der Waals surface area contributed by atoms with E-state index in [0.717, 1.165) is 57.1 Å². The van der Waals surface area contributed by atoms with E-state index in [-0.39, 0.29) is 17.8 Å². The smallest absolute Gasteiger partial charge is 0.287 e. The lowest BCUT2D eigenvalue weighted by molar-refractivity contribution is 0.0860. The van der Waals surface area contributed by atoms with Crippen LogP contribution >= 0.6 is 0 Å². The summed E-state index contributed by atoms with van der Waals surface area (Å²) in [6.45, 7) is 7.17. The monoisotopic (exact) mass is 414 g/mol. The van der Waals surface area contributed by atoms with Crippen molar-refractivity contribution in [2.45, 2.75) is 25.4 Å². The van der Waals surface area contributed by atoms with Gasteiger partial charge in [-0.1, -0.05) is 12.1 Å². The standard InChI is InChI=1S/C23H31FN4O2/c1-26-12-14-28(15-13-26)21(18-4-6-19(24)7-5-18)16-25-23(29)22-9-8-20(30-22)17-27-10-2-3-11-27/h4-9,21H,2-3,10-17H2,1H3,(H,25,29). The highest BCUT2D eigenvalue weighted by Gasteiger charge is 2.25. The topological polar surface area (TPSA) is 52.0 Å². The fourth-order valence-electron chi connectivity index (χ4n) is 4.30. The van der Waals surface area contributed by atoms with Crippen LogP contribution in [0.25, 0.3) is 0 Å². The quantitative estimate of drug-likeness (QED) is 0.755. The summed E-state index contributed by atoms with van der Waals surface area (Å²) in [6.07, 6.45) is 2.45. The van der Waals surface area contributed by atoms with Gasteiger partial charge in [-0.05, 0) is 62.8 Å². The van der Waals surface area contributed by atoms with Gasteiger partial charge >= 0.3 is 0 Å². The van der Waals surface area contributed by atoms with Crippen LogP contribution in [-0.2, 0) is 6.54 Å². The average Bonchev–Trinajstić information content (AvgIpc) is 3.43. The summed E-state index contributed by atoms with van der Waals surface area (Å²) >= 11 is 0. The number of likely N-dealkylation sites (N-methyl/N-ethyl adjacent to an activating group) is 1. The predicted molar refractivity (Wildman–Crippen MR) is 114 cm³/mol. The Kier molecular flexibility index (Phi) is 6.82. The van der Waals surface area contributed by atoms with Crippen molar-refractivity contribution in [3.63, 3.8) is 0 Å². The molecule has 0 saturated carbocycles. The van der Waals surface area contributed by atoms with Crippen molar-refractivity contribution in [2.75, 3.05) is 52.9 Å². The molecular formula is C23H31FN4O2. The lowest BCUT2D eigenvalue weighted by Crippen LogP contribution is -2.48. The predicted octanol–water partition coefficient (Wildman–Crippen LogP) is 2.73. The van der Waals surface area contributed by atoms with Crippen LogP contribution in [0.5, 0.6) is 0 Å². The number of halogens is 1. The second-order valence-electron chi connectivity index (χ2n) is 8.37. The van der Waals surface area contributed by atoms with Crippen molar-refractivity contribution in [1.82, 2.24) is 20.0 Å². The molecule has 2 fully saturated rings. The van der Waals surface area contributed by atoms with Crippen molar-refractivity contribution in [3.05, 3.63) is 59.3 Å². The molecule has 1 amide bonds. The molecular weight excluding hydrogens is 383 g/mol. The molecule has 0 aliphatic carbocycles. The molecule has 0 bridgehead atoms. The minimum Gasteiger partial charge on any atom is -0.455 e. The van der Waals surface area contributed by atoms with Crippen LogP contribution in [0.4, 0.5) is 4.39 Å². The van der Waals surface area contributed by atoms with Crippen LogP contribution in [0, 0.1) is 5.82 Å². The highest BCUT2D eigenvalue weighted by atomic mass is 19.1. The van der Waals surface area contributed by atoms with E-state index in [2.05, 4.69) is 27.1 Å². The third-order valence-electron chi connectivity index (χ3n) is 6.15. The van der Waals surface area contributed by atoms with E-state index in [4.69, 9.17) is 4.42 Å². The normalized spacial score (nSPS) is 19.8. The number of nitrogens with zero attached hydrogens (tertiary/aromatic N) is 3. The molecule has 0 radical (unpaired) electrons. The summed E-state index contributed by atoms with van der Waals surface area (Å²) in [5, 5.41) is 3.03. The molecule has 1 aromatic heterocycles. The zero-order chi connectivity index (χ0) is 20.9. The van der Waals surface area contributed by atoms with Crippen LogP contribution in [0.3, 0.4) is 0 Å². The molecule has 6 nitrogen and oxygen atoms in total. The number of carbonyl (C=O) groups excluding carboxylic acids is 1. The maximum absolute atomic E-state index is 13.4. The number of amides is 1. The zero-order valence-electron chi connectivity index (χ0n) is 17.6. The van der Waals surface area contributed by atoms with Crippen molar-refractivity contribution in [2.24, 2.45) is 0 Å². The lowest BCUT2D eigenvalue weighted by Gasteiger charge is -2.38. The van der Waals surface area contributed by atoms with Gasteiger partial charge in [-0.25, -0.2) is 4.39 Å². The fourth-order valence-corrected chi connectivity index (χ4v) is 4.30. The molecule has 0 spiro atoms. The lowest BCUT2D eigenvalue weighted by atomic mass is 10.0. The highest BCUT2D eigenvalue weighted by molar-refractivity contribution is 5.91. The van der Waals surface area contributed by atoms with E-state index in [1.165, 1.54) is 25.0 Å². The molecule has 2 saturated heterocycles. The van der Waals surface area contributed by atoms with Crippen molar-refractivity contribution < 1.29 is 13.6 Å². The van der Waals surface area contributed by atoms with Crippen molar-refractivity contribution in [1.29, 1.82) is 0 Å². The van der Waals surface area contributed by atoms with Gasteiger partial charge in [0, 0.05) is 32.7 Å². The summed E-state index contributed by atoms with van der Waals surface area (Å²) in [5.74, 6) is 0.724. The minimum atomic E-state index is -0.249. The zero-order valence-corrected chi connectivity index (χ0v) is 17.6. The maximum atomic E-state index is 13.4. The first-order valence-corrected chi connectivity index (χ1v) is 10.9.